The van der Waals surface area contributed by atoms with Crippen LogP contribution < -0.4 is 0 Å². The summed E-state index contributed by atoms with van der Waals surface area (Å²) in [6.07, 6.45) is 1.78. The van der Waals surface area contributed by atoms with E-state index < -0.39 is 0 Å². The number of halogens is 1. The van der Waals surface area contributed by atoms with E-state index in [1.165, 1.54) is 11.3 Å². The predicted molar refractivity (Wildman–Crippen MR) is 57.0 cm³/mol. The lowest BCUT2D eigenvalue weighted by atomic mass is 10.2. The summed E-state index contributed by atoms with van der Waals surface area (Å²) in [4.78, 5) is 13.8. The van der Waals surface area contributed by atoms with Gasteiger partial charge in [0.15, 0.2) is 3.92 Å². The third kappa shape index (κ3) is 1.71. The molecule has 0 aliphatic heterocycles. The predicted octanol–water partition coefficient (Wildman–Crippen LogP) is 2.97. The molecule has 0 saturated carbocycles. The van der Waals surface area contributed by atoms with Crippen molar-refractivity contribution < 1.29 is 0 Å². The van der Waals surface area contributed by atoms with Gasteiger partial charge in [-0.25, -0.2) is 15.0 Å². The van der Waals surface area contributed by atoms with E-state index in [0.717, 1.165) is 20.1 Å². The van der Waals surface area contributed by atoms with Gasteiger partial charge in [0.25, 0.3) is 0 Å². The highest BCUT2D eigenvalue weighted by molar-refractivity contribution is 9.11. The summed E-state index contributed by atoms with van der Waals surface area (Å²) < 4.78 is 0.859. The van der Waals surface area contributed by atoms with Crippen LogP contribution in [0.1, 0.15) is 25.6 Å². The van der Waals surface area contributed by atoms with Gasteiger partial charge in [0.2, 0.25) is 0 Å². The summed E-state index contributed by atoms with van der Waals surface area (Å²) in [5.74, 6) is 1.24. The first-order chi connectivity index (χ1) is 6.16. The molecule has 2 aromatic heterocycles. The van der Waals surface area contributed by atoms with Gasteiger partial charge >= 0.3 is 0 Å². The summed E-state index contributed by atoms with van der Waals surface area (Å²) in [7, 11) is 0. The number of nitrogens with zero attached hydrogens (tertiary/aromatic N) is 3. The van der Waals surface area contributed by atoms with Crippen LogP contribution in [0.4, 0.5) is 0 Å². The maximum atomic E-state index is 4.41. The molecule has 0 aromatic carbocycles. The molecule has 68 valence electrons. The van der Waals surface area contributed by atoms with Gasteiger partial charge in [0.1, 0.15) is 16.2 Å². The molecule has 0 radical (unpaired) electrons. The first-order valence-electron chi connectivity index (χ1n) is 3.96. The highest BCUT2D eigenvalue weighted by atomic mass is 79.9. The van der Waals surface area contributed by atoms with Gasteiger partial charge in [0.05, 0.1) is 6.20 Å². The molecule has 0 fully saturated rings. The van der Waals surface area contributed by atoms with Crippen molar-refractivity contribution >= 4 is 37.6 Å². The molecule has 3 nitrogen and oxygen atoms in total. The molecule has 0 saturated heterocycles. The Morgan fingerprint density at radius 3 is 2.85 bits per heavy atom. The van der Waals surface area contributed by atoms with E-state index in [-0.39, 0.29) is 0 Å². The van der Waals surface area contributed by atoms with E-state index in [2.05, 4.69) is 44.7 Å². The first kappa shape index (κ1) is 9.02. The van der Waals surface area contributed by atoms with Gasteiger partial charge in [-0.3, -0.25) is 0 Å². The molecule has 0 unspecified atom stereocenters. The molecule has 0 N–H and O–H groups in total. The largest absolute Gasteiger partial charge is 0.239 e. The Hall–Kier alpha value is -0.550. The minimum atomic E-state index is 0.366. The molecule has 0 spiro atoms. The zero-order valence-electron chi connectivity index (χ0n) is 7.28. The molecule has 0 bridgehead atoms. The van der Waals surface area contributed by atoms with Crippen molar-refractivity contribution in [3.63, 3.8) is 0 Å². The van der Waals surface area contributed by atoms with Crippen molar-refractivity contribution in [2.24, 2.45) is 0 Å². The van der Waals surface area contributed by atoms with Crippen LogP contribution in [0.5, 0.6) is 0 Å². The second-order valence-electron chi connectivity index (χ2n) is 3.04. The van der Waals surface area contributed by atoms with Crippen LogP contribution >= 0.6 is 27.3 Å². The van der Waals surface area contributed by atoms with Crippen LogP contribution in [0.15, 0.2) is 10.1 Å². The Labute approximate surface area is 88.4 Å². The molecule has 5 heteroatoms. The fourth-order valence-corrected chi connectivity index (χ4v) is 2.30. The van der Waals surface area contributed by atoms with Crippen LogP contribution in [0, 0.1) is 0 Å². The standard InChI is InChI=1S/C8H8BrN3S/c1-4(2)6-10-3-5-7(12-6)13-8(9)11-5/h3-4H,1-2H3. The number of aromatic nitrogens is 3. The van der Waals surface area contributed by atoms with E-state index in [4.69, 9.17) is 0 Å². The molecule has 2 rings (SSSR count). The molecule has 0 aliphatic rings. The summed E-state index contributed by atoms with van der Waals surface area (Å²) in [5, 5.41) is 0. The Bertz CT molecular complexity index is 438. The molecule has 13 heavy (non-hydrogen) atoms. The minimum Gasteiger partial charge on any atom is -0.239 e. The summed E-state index contributed by atoms with van der Waals surface area (Å²) >= 11 is 4.86. The topological polar surface area (TPSA) is 38.7 Å². The Balaban J connectivity index is 2.61. The third-order valence-electron chi connectivity index (χ3n) is 1.66. The van der Waals surface area contributed by atoms with Crippen LogP contribution in [-0.4, -0.2) is 15.0 Å². The van der Waals surface area contributed by atoms with Crippen molar-refractivity contribution in [3.05, 3.63) is 15.9 Å². The maximum Gasteiger partial charge on any atom is 0.161 e. The van der Waals surface area contributed by atoms with Crippen molar-refractivity contribution in [2.75, 3.05) is 0 Å². The third-order valence-corrected chi connectivity index (χ3v) is 3.08. The van der Waals surface area contributed by atoms with E-state index in [9.17, 15) is 0 Å². The lowest BCUT2D eigenvalue weighted by Crippen LogP contribution is -1.95. The molecule has 0 atom stereocenters. The van der Waals surface area contributed by atoms with Crippen molar-refractivity contribution in [1.82, 2.24) is 15.0 Å². The monoisotopic (exact) mass is 257 g/mol. The molecule has 0 amide bonds. The number of fused-ring (bicyclic) bond motifs is 1. The van der Waals surface area contributed by atoms with Gasteiger partial charge < -0.3 is 0 Å². The summed E-state index contributed by atoms with van der Waals surface area (Å²) in [6, 6.07) is 0. The Morgan fingerprint density at radius 1 is 1.38 bits per heavy atom. The zero-order chi connectivity index (χ0) is 9.42. The van der Waals surface area contributed by atoms with E-state index in [1.807, 2.05) is 0 Å². The average molecular weight is 258 g/mol. The van der Waals surface area contributed by atoms with Gasteiger partial charge in [-0.2, -0.15) is 0 Å². The van der Waals surface area contributed by atoms with E-state index in [0.29, 0.717) is 5.92 Å². The first-order valence-corrected chi connectivity index (χ1v) is 5.57. The molecular formula is C8H8BrN3S. The van der Waals surface area contributed by atoms with Crippen molar-refractivity contribution in [2.45, 2.75) is 19.8 Å². The lowest BCUT2D eigenvalue weighted by Gasteiger charge is -2.00. The van der Waals surface area contributed by atoms with Crippen LogP contribution in [-0.2, 0) is 0 Å². The van der Waals surface area contributed by atoms with Crippen molar-refractivity contribution in [1.29, 1.82) is 0 Å². The highest BCUT2D eigenvalue weighted by Gasteiger charge is 2.07. The fraction of sp³-hybridized carbons (Fsp3) is 0.375. The number of hydrogen-bond acceptors (Lipinski definition) is 4. The van der Waals surface area contributed by atoms with Gasteiger partial charge in [0, 0.05) is 5.92 Å². The number of hydrogen-bond donors (Lipinski definition) is 0. The summed E-state index contributed by atoms with van der Waals surface area (Å²) in [5.41, 5.74) is 0.862. The van der Waals surface area contributed by atoms with Crippen LogP contribution in [0.2, 0.25) is 0 Å². The SMILES string of the molecule is CC(C)c1ncc2nc(Br)sc2n1. The second-order valence-corrected chi connectivity index (χ2v) is 5.29. The molecule has 2 heterocycles. The van der Waals surface area contributed by atoms with Crippen LogP contribution in [0.25, 0.3) is 10.3 Å². The zero-order valence-corrected chi connectivity index (χ0v) is 9.69. The smallest absolute Gasteiger partial charge is 0.161 e. The normalized spacial score (nSPS) is 11.4. The van der Waals surface area contributed by atoms with Crippen molar-refractivity contribution in [3.8, 4) is 0 Å². The van der Waals surface area contributed by atoms with Gasteiger partial charge in [-0.05, 0) is 15.9 Å². The van der Waals surface area contributed by atoms with Crippen LogP contribution in [0.3, 0.4) is 0 Å². The van der Waals surface area contributed by atoms with E-state index >= 15 is 0 Å². The molecule has 2 aromatic rings. The maximum absolute atomic E-state index is 4.41. The second kappa shape index (κ2) is 3.31. The molecular weight excluding hydrogens is 250 g/mol. The van der Waals surface area contributed by atoms with Gasteiger partial charge in [-0.15, -0.1) is 0 Å². The number of thiazole rings is 1. The van der Waals surface area contributed by atoms with Gasteiger partial charge in [-0.1, -0.05) is 25.2 Å². The Morgan fingerprint density at radius 2 is 2.15 bits per heavy atom. The number of rotatable bonds is 1. The highest BCUT2D eigenvalue weighted by Crippen LogP contribution is 2.24. The van der Waals surface area contributed by atoms with E-state index in [1.54, 1.807) is 6.20 Å². The minimum absolute atomic E-state index is 0.366. The Kier molecular flexibility index (Phi) is 2.29. The summed E-state index contributed by atoms with van der Waals surface area (Å²) in [6.45, 7) is 4.16. The fourth-order valence-electron chi connectivity index (χ4n) is 1.000. The molecule has 0 aliphatic carbocycles. The average Bonchev–Trinajstić information content (AvgIpc) is 2.42. The quantitative estimate of drug-likeness (QED) is 0.789. The lowest BCUT2D eigenvalue weighted by molar-refractivity contribution is 0.783.